The maximum Gasteiger partial charge on any atom is 0.234 e. The van der Waals surface area contributed by atoms with Crippen molar-refractivity contribution in [2.75, 3.05) is 29.1 Å². The number of piperidine rings is 1. The first-order chi connectivity index (χ1) is 14.6. The average Bonchev–Trinajstić information content (AvgIpc) is 3.40. The molecule has 4 rings (SSSR count). The van der Waals surface area contributed by atoms with Crippen LogP contribution < -0.4 is 10.2 Å². The van der Waals surface area contributed by atoms with E-state index in [1.807, 2.05) is 37.3 Å². The summed E-state index contributed by atoms with van der Waals surface area (Å²) in [5.41, 5.74) is 3.18. The monoisotopic (exact) mass is 425 g/mol. The number of aryl methyl sites for hydroxylation is 2. The Kier molecular flexibility index (Phi) is 6.42. The summed E-state index contributed by atoms with van der Waals surface area (Å²) in [5.74, 6) is 1.90. The zero-order valence-electron chi connectivity index (χ0n) is 17.4. The van der Waals surface area contributed by atoms with Crippen LogP contribution in [0.4, 0.5) is 11.6 Å². The fourth-order valence-corrected chi connectivity index (χ4v) is 4.29. The molecule has 1 aliphatic rings. The molecule has 0 radical (unpaired) electrons. The van der Waals surface area contributed by atoms with Gasteiger partial charge in [-0.3, -0.25) is 9.36 Å². The molecule has 30 heavy (non-hydrogen) atoms. The number of rotatable bonds is 7. The van der Waals surface area contributed by atoms with Crippen molar-refractivity contribution in [3.8, 4) is 0 Å². The number of thioether (sulfide) groups is 1. The smallest absolute Gasteiger partial charge is 0.234 e. The van der Waals surface area contributed by atoms with Crippen molar-refractivity contribution in [3.05, 3.63) is 53.5 Å². The van der Waals surface area contributed by atoms with Gasteiger partial charge >= 0.3 is 0 Å². The van der Waals surface area contributed by atoms with Gasteiger partial charge in [-0.2, -0.15) is 0 Å². The first-order valence-electron chi connectivity index (χ1n) is 10.3. The molecule has 158 valence electrons. The maximum absolute atomic E-state index is 12.5. The number of anilines is 2. The lowest BCUT2D eigenvalue weighted by Gasteiger charge is -2.27. The second-order valence-electron chi connectivity index (χ2n) is 7.63. The molecule has 1 fully saturated rings. The van der Waals surface area contributed by atoms with E-state index in [1.165, 1.54) is 23.7 Å². The fraction of sp³-hybridized carbons (Fsp3) is 0.409. The number of aromatic nitrogens is 3. The van der Waals surface area contributed by atoms with Gasteiger partial charge in [0.05, 0.1) is 18.6 Å². The molecule has 1 amide bonds. The highest BCUT2D eigenvalue weighted by Crippen LogP contribution is 2.26. The van der Waals surface area contributed by atoms with E-state index in [1.54, 1.807) is 6.26 Å². The van der Waals surface area contributed by atoms with E-state index >= 15 is 0 Å². The van der Waals surface area contributed by atoms with Crippen molar-refractivity contribution < 1.29 is 9.21 Å². The van der Waals surface area contributed by atoms with E-state index in [0.29, 0.717) is 6.54 Å². The van der Waals surface area contributed by atoms with E-state index in [4.69, 9.17) is 4.42 Å². The minimum atomic E-state index is -0.0599. The van der Waals surface area contributed by atoms with Crippen LogP contribution in [0.1, 0.15) is 36.1 Å². The number of nitrogens with zero attached hydrogens (tertiary/aromatic N) is 4. The molecule has 2 aromatic heterocycles. The van der Waals surface area contributed by atoms with Crippen molar-refractivity contribution in [2.45, 2.75) is 44.8 Å². The Morgan fingerprint density at radius 2 is 1.97 bits per heavy atom. The SMILES string of the molecule is Cc1ccc(NC(=O)CSc2nnc(N3CCCCC3)n2Cc2ccco2)cc1C. The van der Waals surface area contributed by atoms with Crippen LogP contribution in [0.25, 0.3) is 0 Å². The van der Waals surface area contributed by atoms with Crippen LogP contribution in [-0.2, 0) is 11.3 Å². The number of hydrogen-bond acceptors (Lipinski definition) is 6. The molecule has 7 nitrogen and oxygen atoms in total. The third-order valence-electron chi connectivity index (χ3n) is 5.35. The Labute approximate surface area is 180 Å². The van der Waals surface area contributed by atoms with E-state index in [9.17, 15) is 4.79 Å². The number of nitrogens with one attached hydrogen (secondary N) is 1. The van der Waals surface area contributed by atoms with Gasteiger partial charge in [-0.25, -0.2) is 0 Å². The summed E-state index contributed by atoms with van der Waals surface area (Å²) >= 11 is 1.40. The first kappa shape index (κ1) is 20.5. The van der Waals surface area contributed by atoms with Crippen LogP contribution in [-0.4, -0.2) is 39.5 Å². The predicted molar refractivity (Wildman–Crippen MR) is 119 cm³/mol. The van der Waals surface area contributed by atoms with Gasteiger partial charge in [0, 0.05) is 18.8 Å². The molecule has 0 atom stereocenters. The normalized spacial score (nSPS) is 14.1. The Morgan fingerprint density at radius 1 is 1.13 bits per heavy atom. The molecule has 0 unspecified atom stereocenters. The molecule has 0 spiro atoms. The Morgan fingerprint density at radius 3 is 2.70 bits per heavy atom. The molecule has 3 heterocycles. The van der Waals surface area contributed by atoms with Gasteiger partial charge in [-0.15, -0.1) is 10.2 Å². The highest BCUT2D eigenvalue weighted by Gasteiger charge is 2.21. The highest BCUT2D eigenvalue weighted by atomic mass is 32.2. The van der Waals surface area contributed by atoms with Crippen molar-refractivity contribution in [3.63, 3.8) is 0 Å². The van der Waals surface area contributed by atoms with Gasteiger partial charge in [0.1, 0.15) is 5.76 Å². The van der Waals surface area contributed by atoms with Crippen LogP contribution >= 0.6 is 11.8 Å². The van der Waals surface area contributed by atoms with Gasteiger partial charge in [0.15, 0.2) is 5.16 Å². The van der Waals surface area contributed by atoms with Crippen molar-refractivity contribution in [2.24, 2.45) is 0 Å². The van der Waals surface area contributed by atoms with Gasteiger partial charge < -0.3 is 14.6 Å². The molecule has 0 bridgehead atoms. The molecular formula is C22H27N5O2S. The highest BCUT2D eigenvalue weighted by molar-refractivity contribution is 7.99. The number of hydrogen-bond donors (Lipinski definition) is 1. The van der Waals surface area contributed by atoms with E-state index in [0.717, 1.165) is 54.0 Å². The number of benzene rings is 1. The van der Waals surface area contributed by atoms with Gasteiger partial charge in [-0.05, 0) is 68.5 Å². The van der Waals surface area contributed by atoms with E-state index in [-0.39, 0.29) is 11.7 Å². The third kappa shape index (κ3) is 4.87. The van der Waals surface area contributed by atoms with Crippen molar-refractivity contribution in [1.82, 2.24) is 14.8 Å². The third-order valence-corrected chi connectivity index (χ3v) is 6.32. The summed E-state index contributed by atoms with van der Waals surface area (Å²) < 4.78 is 7.60. The second-order valence-corrected chi connectivity index (χ2v) is 8.57. The molecule has 1 aliphatic heterocycles. The zero-order valence-corrected chi connectivity index (χ0v) is 18.2. The van der Waals surface area contributed by atoms with E-state index in [2.05, 4.69) is 31.9 Å². The molecule has 0 saturated carbocycles. The Bertz CT molecular complexity index is 993. The van der Waals surface area contributed by atoms with Crippen LogP contribution in [0.2, 0.25) is 0 Å². The number of furan rings is 1. The molecule has 1 N–H and O–H groups in total. The summed E-state index contributed by atoms with van der Waals surface area (Å²) in [6, 6.07) is 9.76. The first-order valence-corrected chi connectivity index (χ1v) is 11.3. The molecule has 3 aromatic rings. The number of carbonyl (C=O) groups excluding carboxylic acids is 1. The van der Waals surface area contributed by atoms with Crippen LogP contribution in [0.15, 0.2) is 46.2 Å². The topological polar surface area (TPSA) is 76.2 Å². The summed E-state index contributed by atoms with van der Waals surface area (Å²) in [5, 5.41) is 12.5. The fourth-order valence-electron chi connectivity index (χ4n) is 3.56. The van der Waals surface area contributed by atoms with E-state index < -0.39 is 0 Å². The lowest BCUT2D eigenvalue weighted by molar-refractivity contribution is -0.113. The van der Waals surface area contributed by atoms with Gasteiger partial charge in [-0.1, -0.05) is 17.8 Å². The lowest BCUT2D eigenvalue weighted by atomic mass is 10.1. The largest absolute Gasteiger partial charge is 0.467 e. The van der Waals surface area contributed by atoms with Gasteiger partial charge in [0.25, 0.3) is 0 Å². The second kappa shape index (κ2) is 9.38. The minimum absolute atomic E-state index is 0.0599. The Hall–Kier alpha value is -2.74. The summed E-state index contributed by atoms with van der Waals surface area (Å²) in [7, 11) is 0. The zero-order chi connectivity index (χ0) is 20.9. The summed E-state index contributed by atoms with van der Waals surface area (Å²) in [6.45, 7) is 6.61. The predicted octanol–water partition coefficient (Wildman–Crippen LogP) is 4.26. The van der Waals surface area contributed by atoms with Crippen molar-refractivity contribution in [1.29, 1.82) is 0 Å². The number of carbonyl (C=O) groups is 1. The summed E-state index contributed by atoms with van der Waals surface area (Å²) in [6.07, 6.45) is 5.25. The number of amides is 1. The molecular weight excluding hydrogens is 398 g/mol. The van der Waals surface area contributed by atoms with Crippen molar-refractivity contribution >= 4 is 29.3 Å². The standard InChI is InChI=1S/C22H27N5O2S/c1-16-8-9-18(13-17(16)2)23-20(28)15-30-22-25-24-21(26-10-4-3-5-11-26)27(22)14-19-7-6-12-29-19/h6-9,12-13H,3-5,10-11,14-15H2,1-2H3,(H,23,28). The minimum Gasteiger partial charge on any atom is -0.467 e. The average molecular weight is 426 g/mol. The molecule has 8 heteroatoms. The maximum atomic E-state index is 12.5. The van der Waals surface area contributed by atoms with Crippen LogP contribution in [0, 0.1) is 13.8 Å². The Balaban J connectivity index is 1.46. The van der Waals surface area contributed by atoms with Gasteiger partial charge in [0.2, 0.25) is 11.9 Å². The molecule has 0 aliphatic carbocycles. The van der Waals surface area contributed by atoms with Crippen LogP contribution in [0.5, 0.6) is 0 Å². The summed E-state index contributed by atoms with van der Waals surface area (Å²) in [4.78, 5) is 14.8. The molecule has 1 saturated heterocycles. The van der Waals surface area contributed by atoms with Crippen LogP contribution in [0.3, 0.4) is 0 Å². The molecule has 1 aromatic carbocycles. The lowest BCUT2D eigenvalue weighted by Crippen LogP contribution is -2.32. The quantitative estimate of drug-likeness (QED) is 0.570.